The highest BCUT2D eigenvalue weighted by Gasteiger charge is 2.39. The van der Waals surface area contributed by atoms with Crippen LogP contribution in [0.5, 0.6) is 5.88 Å². The smallest absolute Gasteiger partial charge is 0.335 e. The minimum atomic E-state index is -0.925. The maximum absolute atomic E-state index is 11.0. The number of nitrogen functional groups attached to an aromatic ring is 2. The number of fused-ring (bicyclic) bond motifs is 1. The Morgan fingerprint density at radius 2 is 2.00 bits per heavy atom. The largest absolute Gasteiger partial charge is 0.478 e. The molecule has 0 aliphatic carbocycles. The molecule has 1 aromatic heterocycles. The fourth-order valence-corrected chi connectivity index (χ4v) is 3.24. The molecule has 0 bridgehead atoms. The van der Waals surface area contributed by atoms with Crippen molar-refractivity contribution in [1.29, 1.82) is 0 Å². The zero-order valence-corrected chi connectivity index (χ0v) is 14.9. The summed E-state index contributed by atoms with van der Waals surface area (Å²) in [6.07, 6.45) is 0.614. The number of aromatic nitrogens is 2. The molecule has 1 aromatic carbocycles. The van der Waals surface area contributed by atoms with E-state index in [2.05, 4.69) is 21.8 Å². The van der Waals surface area contributed by atoms with E-state index in [1.807, 2.05) is 19.1 Å². The van der Waals surface area contributed by atoms with Gasteiger partial charge >= 0.3 is 5.97 Å². The average molecular weight is 357 g/mol. The van der Waals surface area contributed by atoms with E-state index in [1.165, 1.54) is 0 Å². The summed E-state index contributed by atoms with van der Waals surface area (Å²) in [7, 11) is 0. The van der Waals surface area contributed by atoms with Crippen LogP contribution < -0.4 is 16.2 Å². The van der Waals surface area contributed by atoms with Crippen molar-refractivity contribution < 1.29 is 14.6 Å². The third-order valence-corrected chi connectivity index (χ3v) is 4.52. The van der Waals surface area contributed by atoms with E-state index in [-0.39, 0.29) is 11.5 Å². The predicted molar refractivity (Wildman–Crippen MR) is 97.9 cm³/mol. The number of aromatic carboxylic acids is 1. The Morgan fingerprint density at radius 1 is 1.31 bits per heavy atom. The first-order valence-corrected chi connectivity index (χ1v) is 8.45. The van der Waals surface area contributed by atoms with Gasteiger partial charge in [0.25, 0.3) is 0 Å². The number of carbonyl (C=O) groups is 1. The summed E-state index contributed by atoms with van der Waals surface area (Å²) in [4.78, 5) is 21.3. The summed E-state index contributed by atoms with van der Waals surface area (Å²) >= 11 is 0. The van der Waals surface area contributed by atoms with Crippen molar-refractivity contribution in [1.82, 2.24) is 14.9 Å². The van der Waals surface area contributed by atoms with E-state index < -0.39 is 11.6 Å². The summed E-state index contributed by atoms with van der Waals surface area (Å²) in [6.45, 7) is 6.26. The second-order valence-electron chi connectivity index (χ2n) is 6.78. The van der Waals surface area contributed by atoms with Gasteiger partial charge in [-0.2, -0.15) is 9.97 Å². The molecule has 0 amide bonds. The van der Waals surface area contributed by atoms with Crippen molar-refractivity contribution in [2.45, 2.75) is 32.4 Å². The highest BCUT2D eigenvalue weighted by molar-refractivity contribution is 5.87. The van der Waals surface area contributed by atoms with Crippen LogP contribution in [0.4, 0.5) is 11.8 Å². The number of nitrogens with zero attached hydrogens (tertiary/aromatic N) is 3. The zero-order valence-electron chi connectivity index (χ0n) is 14.9. The second-order valence-corrected chi connectivity index (χ2v) is 6.78. The highest BCUT2D eigenvalue weighted by Crippen LogP contribution is 2.37. The molecule has 8 nitrogen and oxygen atoms in total. The van der Waals surface area contributed by atoms with Crippen LogP contribution in [0.25, 0.3) is 0 Å². The van der Waals surface area contributed by atoms with E-state index in [0.29, 0.717) is 31.2 Å². The molecule has 1 atom stereocenters. The molecule has 2 aromatic rings. The lowest BCUT2D eigenvalue weighted by atomic mass is 9.99. The average Bonchev–Trinajstić information content (AvgIpc) is 2.91. The molecule has 26 heavy (non-hydrogen) atoms. The summed E-state index contributed by atoms with van der Waals surface area (Å²) in [5.74, 6) is 0.00534. The maximum atomic E-state index is 11.0. The van der Waals surface area contributed by atoms with Gasteiger partial charge in [-0.15, -0.1) is 0 Å². The molecule has 1 aliphatic heterocycles. The van der Waals surface area contributed by atoms with E-state index in [0.717, 1.165) is 17.7 Å². The van der Waals surface area contributed by atoms with Crippen LogP contribution in [-0.2, 0) is 13.0 Å². The van der Waals surface area contributed by atoms with Gasteiger partial charge in [-0.3, -0.25) is 4.90 Å². The third-order valence-electron chi connectivity index (χ3n) is 4.52. The van der Waals surface area contributed by atoms with Crippen LogP contribution in [0.3, 0.4) is 0 Å². The molecule has 1 unspecified atom stereocenters. The minimum absolute atomic E-state index is 0.108. The Hall–Kier alpha value is -2.87. The van der Waals surface area contributed by atoms with Crippen molar-refractivity contribution in [3.05, 3.63) is 41.0 Å². The first-order valence-electron chi connectivity index (χ1n) is 8.45. The highest BCUT2D eigenvalue weighted by atomic mass is 16.5. The van der Waals surface area contributed by atoms with E-state index >= 15 is 0 Å². The monoisotopic (exact) mass is 357 g/mol. The summed E-state index contributed by atoms with van der Waals surface area (Å²) in [5.41, 5.74) is 13.2. The van der Waals surface area contributed by atoms with Crippen LogP contribution in [-0.4, -0.2) is 44.6 Å². The molecule has 0 spiro atoms. The fraction of sp³-hybridized carbons (Fsp3) is 0.389. The van der Waals surface area contributed by atoms with Crippen LogP contribution in [0.15, 0.2) is 24.3 Å². The van der Waals surface area contributed by atoms with Crippen molar-refractivity contribution in [3.8, 4) is 5.88 Å². The van der Waals surface area contributed by atoms with Crippen molar-refractivity contribution >= 4 is 17.7 Å². The van der Waals surface area contributed by atoms with Gasteiger partial charge in [0.2, 0.25) is 11.8 Å². The number of anilines is 2. The lowest BCUT2D eigenvalue weighted by Gasteiger charge is -2.31. The molecule has 0 radical (unpaired) electrons. The fourth-order valence-electron chi connectivity index (χ4n) is 3.24. The van der Waals surface area contributed by atoms with Crippen LogP contribution in [0, 0.1) is 0 Å². The number of benzene rings is 1. The van der Waals surface area contributed by atoms with E-state index in [1.54, 1.807) is 12.1 Å². The number of carboxylic acid groups (broad SMARTS) is 1. The van der Waals surface area contributed by atoms with Gasteiger partial charge in [0.05, 0.1) is 11.1 Å². The molecule has 2 heterocycles. The zero-order chi connectivity index (χ0) is 18.9. The molecule has 3 rings (SSSR count). The Kier molecular flexibility index (Phi) is 4.69. The van der Waals surface area contributed by atoms with Gasteiger partial charge in [-0.1, -0.05) is 19.1 Å². The number of ether oxygens (including phenoxy) is 1. The van der Waals surface area contributed by atoms with Crippen LogP contribution >= 0.6 is 0 Å². The molecule has 5 N–H and O–H groups in total. The maximum Gasteiger partial charge on any atom is 0.335 e. The topological polar surface area (TPSA) is 128 Å². The molecule has 8 heteroatoms. The van der Waals surface area contributed by atoms with Crippen molar-refractivity contribution in [3.63, 3.8) is 0 Å². The molecule has 1 aliphatic rings. The number of carboxylic acids is 1. The summed E-state index contributed by atoms with van der Waals surface area (Å²) in [5, 5.41) is 9.00. The third kappa shape index (κ3) is 3.70. The summed E-state index contributed by atoms with van der Waals surface area (Å²) < 4.78 is 6.05. The standard InChI is InChI=1S/C18H23N5O3/c1-3-23(9-11-4-6-12(7-5-11)16(24)25)10-18(2)8-13-14(19)21-17(20)22-15(13)26-18/h4-7H,3,8-10H2,1-2H3,(H,24,25)(H4,19,20,21,22). The van der Waals surface area contributed by atoms with Gasteiger partial charge < -0.3 is 21.3 Å². The van der Waals surface area contributed by atoms with Crippen LogP contribution in [0.1, 0.15) is 35.3 Å². The minimum Gasteiger partial charge on any atom is -0.478 e. The normalized spacial score (nSPS) is 18.6. The van der Waals surface area contributed by atoms with Crippen molar-refractivity contribution in [2.24, 2.45) is 0 Å². The lowest BCUT2D eigenvalue weighted by Crippen LogP contribution is -2.44. The van der Waals surface area contributed by atoms with Gasteiger partial charge in [-0.05, 0) is 31.2 Å². The lowest BCUT2D eigenvalue weighted by molar-refractivity contribution is 0.0591. The molecule has 138 valence electrons. The molecule has 0 saturated carbocycles. The van der Waals surface area contributed by atoms with Gasteiger partial charge in [0, 0.05) is 19.5 Å². The van der Waals surface area contributed by atoms with Crippen LogP contribution in [0.2, 0.25) is 0 Å². The quantitative estimate of drug-likeness (QED) is 0.710. The Morgan fingerprint density at radius 3 is 2.62 bits per heavy atom. The SMILES string of the molecule is CCN(Cc1ccc(C(=O)O)cc1)CC1(C)Cc2c(N)nc(N)nc2O1. The second kappa shape index (κ2) is 6.80. The number of rotatable bonds is 6. The molecular weight excluding hydrogens is 334 g/mol. The van der Waals surface area contributed by atoms with Gasteiger partial charge in [-0.25, -0.2) is 4.79 Å². The number of hydrogen-bond donors (Lipinski definition) is 3. The first kappa shape index (κ1) is 17.9. The predicted octanol–water partition coefficient (Wildman–Crippen LogP) is 1.55. The van der Waals surface area contributed by atoms with Gasteiger partial charge in [0.15, 0.2) is 0 Å². The number of hydrogen-bond acceptors (Lipinski definition) is 7. The summed E-state index contributed by atoms with van der Waals surface area (Å²) in [6, 6.07) is 6.91. The molecule has 0 saturated heterocycles. The Labute approximate surface area is 151 Å². The van der Waals surface area contributed by atoms with E-state index in [9.17, 15) is 4.79 Å². The Balaban J connectivity index is 1.70. The molecule has 0 fully saturated rings. The number of likely N-dealkylation sites (N-methyl/N-ethyl adjacent to an activating group) is 1. The molecular formula is C18H23N5O3. The number of nitrogens with two attached hydrogens (primary N) is 2. The van der Waals surface area contributed by atoms with Crippen molar-refractivity contribution in [2.75, 3.05) is 24.6 Å². The first-order chi connectivity index (χ1) is 12.3. The Bertz CT molecular complexity index is 824. The van der Waals surface area contributed by atoms with E-state index in [4.69, 9.17) is 21.3 Å². The van der Waals surface area contributed by atoms with Gasteiger partial charge in [0.1, 0.15) is 11.4 Å².